The Hall–Kier alpha value is -2.33. The number of anilines is 1. The van der Waals surface area contributed by atoms with Gasteiger partial charge >= 0.3 is 6.03 Å². The molecule has 3 rings (SSSR count). The molecule has 0 saturated carbocycles. The number of benzene rings is 2. The molecule has 0 bridgehead atoms. The number of amides is 2. The lowest BCUT2D eigenvalue weighted by molar-refractivity contribution is 0.216. The first kappa shape index (κ1) is 15.6. The highest BCUT2D eigenvalue weighted by Crippen LogP contribution is 2.21. The van der Waals surface area contributed by atoms with Crippen LogP contribution in [-0.2, 0) is 0 Å². The van der Waals surface area contributed by atoms with Crippen molar-refractivity contribution in [3.05, 3.63) is 54.6 Å². The molecule has 0 unspecified atom stereocenters. The fraction of sp³-hybridized carbons (Fsp3) is 0.316. The van der Waals surface area contributed by atoms with Gasteiger partial charge in [-0.3, -0.25) is 0 Å². The van der Waals surface area contributed by atoms with Crippen LogP contribution in [0.25, 0.3) is 11.1 Å². The summed E-state index contributed by atoms with van der Waals surface area (Å²) in [6.07, 6.45) is 1.04. The Balaban J connectivity index is 1.61. The molecule has 2 aromatic rings. The average Bonchev–Trinajstić information content (AvgIpc) is 3.07. The van der Waals surface area contributed by atoms with E-state index in [1.54, 1.807) is 0 Å². The van der Waals surface area contributed by atoms with Crippen LogP contribution >= 0.6 is 0 Å². The molecule has 0 spiro atoms. The van der Waals surface area contributed by atoms with Gasteiger partial charge in [0.25, 0.3) is 0 Å². The molecule has 1 aliphatic heterocycles. The van der Waals surface area contributed by atoms with E-state index >= 15 is 0 Å². The molecule has 0 aliphatic carbocycles. The minimum Gasteiger partial charge on any atom is -0.323 e. The highest BCUT2D eigenvalue weighted by molar-refractivity contribution is 5.89. The molecule has 2 amide bonds. The molecule has 4 nitrogen and oxygen atoms in total. The maximum absolute atomic E-state index is 12.3. The van der Waals surface area contributed by atoms with Crippen LogP contribution in [0.4, 0.5) is 10.5 Å². The number of carbonyl (C=O) groups is 1. The second-order valence-corrected chi connectivity index (χ2v) is 6.23. The summed E-state index contributed by atoms with van der Waals surface area (Å²) in [5.74, 6) is 0. The van der Waals surface area contributed by atoms with Crippen molar-refractivity contribution in [3.63, 3.8) is 0 Å². The number of nitrogens with one attached hydrogen (secondary N) is 1. The molecule has 120 valence electrons. The first-order valence-electron chi connectivity index (χ1n) is 8.01. The third-order valence-electron chi connectivity index (χ3n) is 4.42. The van der Waals surface area contributed by atoms with Crippen LogP contribution in [0.2, 0.25) is 0 Å². The van der Waals surface area contributed by atoms with Crippen molar-refractivity contribution in [2.24, 2.45) is 0 Å². The summed E-state index contributed by atoms with van der Waals surface area (Å²) in [7, 11) is 4.13. The van der Waals surface area contributed by atoms with Gasteiger partial charge in [-0.05, 0) is 43.8 Å². The van der Waals surface area contributed by atoms with E-state index < -0.39 is 0 Å². The van der Waals surface area contributed by atoms with Crippen LogP contribution in [0.3, 0.4) is 0 Å². The largest absolute Gasteiger partial charge is 0.323 e. The summed E-state index contributed by atoms with van der Waals surface area (Å²) in [5.41, 5.74) is 3.17. The number of likely N-dealkylation sites (tertiary alicyclic amines) is 1. The van der Waals surface area contributed by atoms with Gasteiger partial charge in [-0.1, -0.05) is 42.5 Å². The molecule has 0 aromatic heterocycles. The van der Waals surface area contributed by atoms with Crippen LogP contribution in [0, 0.1) is 0 Å². The molecule has 1 heterocycles. The monoisotopic (exact) mass is 309 g/mol. The Morgan fingerprint density at radius 3 is 2.30 bits per heavy atom. The Bertz CT molecular complexity index is 652. The minimum absolute atomic E-state index is 0.0122. The molecule has 0 radical (unpaired) electrons. The van der Waals surface area contributed by atoms with E-state index in [4.69, 9.17) is 0 Å². The first-order chi connectivity index (χ1) is 11.1. The van der Waals surface area contributed by atoms with Crippen molar-refractivity contribution in [1.29, 1.82) is 0 Å². The van der Waals surface area contributed by atoms with E-state index in [0.717, 1.165) is 30.8 Å². The Morgan fingerprint density at radius 1 is 1.04 bits per heavy atom. The molecule has 1 fully saturated rings. The van der Waals surface area contributed by atoms with Crippen molar-refractivity contribution >= 4 is 11.7 Å². The topological polar surface area (TPSA) is 35.6 Å². The van der Waals surface area contributed by atoms with Gasteiger partial charge in [0.2, 0.25) is 0 Å². The maximum atomic E-state index is 12.3. The second-order valence-electron chi connectivity index (χ2n) is 6.23. The standard InChI is InChI=1S/C19H23N3O/c1-21(2)18-12-13-22(14-18)19(23)20-17-10-8-16(9-11-17)15-6-4-3-5-7-15/h3-11,18H,12-14H2,1-2H3,(H,20,23)/t18-/m0/s1. The van der Waals surface area contributed by atoms with E-state index in [-0.39, 0.29) is 6.03 Å². The third kappa shape index (κ3) is 3.71. The molecular formula is C19H23N3O. The summed E-state index contributed by atoms with van der Waals surface area (Å²) in [6.45, 7) is 1.61. The number of nitrogens with zero attached hydrogens (tertiary/aromatic N) is 2. The van der Waals surface area contributed by atoms with E-state index in [9.17, 15) is 4.79 Å². The van der Waals surface area contributed by atoms with Gasteiger partial charge in [0.05, 0.1) is 0 Å². The van der Waals surface area contributed by atoms with Gasteiger partial charge < -0.3 is 15.1 Å². The molecular weight excluding hydrogens is 286 g/mol. The quantitative estimate of drug-likeness (QED) is 0.941. The fourth-order valence-electron chi connectivity index (χ4n) is 2.93. The molecule has 1 atom stereocenters. The molecule has 1 N–H and O–H groups in total. The van der Waals surface area contributed by atoms with E-state index in [0.29, 0.717) is 6.04 Å². The number of rotatable bonds is 3. The van der Waals surface area contributed by atoms with Gasteiger partial charge in [0, 0.05) is 24.8 Å². The predicted molar refractivity (Wildman–Crippen MR) is 94.6 cm³/mol. The smallest absolute Gasteiger partial charge is 0.321 e. The van der Waals surface area contributed by atoms with Crippen molar-refractivity contribution in [2.45, 2.75) is 12.5 Å². The molecule has 2 aromatic carbocycles. The number of hydrogen-bond donors (Lipinski definition) is 1. The maximum Gasteiger partial charge on any atom is 0.321 e. The molecule has 23 heavy (non-hydrogen) atoms. The summed E-state index contributed by atoms with van der Waals surface area (Å²) < 4.78 is 0. The zero-order chi connectivity index (χ0) is 16.2. The van der Waals surface area contributed by atoms with Crippen molar-refractivity contribution < 1.29 is 4.79 Å². The van der Waals surface area contributed by atoms with Crippen molar-refractivity contribution in [1.82, 2.24) is 9.80 Å². The number of hydrogen-bond acceptors (Lipinski definition) is 2. The first-order valence-corrected chi connectivity index (χ1v) is 8.01. The Kier molecular flexibility index (Phi) is 4.63. The van der Waals surface area contributed by atoms with Gasteiger partial charge in [0.15, 0.2) is 0 Å². The van der Waals surface area contributed by atoms with Crippen LogP contribution in [0.1, 0.15) is 6.42 Å². The number of carbonyl (C=O) groups excluding carboxylic acids is 1. The van der Waals surface area contributed by atoms with Gasteiger partial charge in [0.1, 0.15) is 0 Å². The highest BCUT2D eigenvalue weighted by Gasteiger charge is 2.27. The van der Waals surface area contributed by atoms with Crippen LogP contribution in [0.15, 0.2) is 54.6 Å². The van der Waals surface area contributed by atoms with Gasteiger partial charge in [-0.2, -0.15) is 0 Å². The molecule has 1 aliphatic rings. The lowest BCUT2D eigenvalue weighted by Gasteiger charge is -2.20. The second kappa shape index (κ2) is 6.84. The lowest BCUT2D eigenvalue weighted by atomic mass is 10.1. The van der Waals surface area contributed by atoms with Crippen LogP contribution < -0.4 is 5.32 Å². The van der Waals surface area contributed by atoms with Crippen molar-refractivity contribution in [2.75, 3.05) is 32.5 Å². The average molecular weight is 309 g/mol. The fourth-order valence-corrected chi connectivity index (χ4v) is 2.93. The molecule has 4 heteroatoms. The van der Waals surface area contributed by atoms with Crippen molar-refractivity contribution in [3.8, 4) is 11.1 Å². The highest BCUT2D eigenvalue weighted by atomic mass is 16.2. The number of urea groups is 1. The Labute approximate surface area is 137 Å². The van der Waals surface area contributed by atoms with E-state index in [1.165, 1.54) is 5.56 Å². The minimum atomic E-state index is -0.0122. The Morgan fingerprint density at radius 2 is 1.70 bits per heavy atom. The van der Waals surface area contributed by atoms with E-state index in [2.05, 4.69) is 36.4 Å². The zero-order valence-electron chi connectivity index (χ0n) is 13.7. The third-order valence-corrected chi connectivity index (χ3v) is 4.42. The summed E-state index contributed by atoms with van der Waals surface area (Å²) in [4.78, 5) is 16.4. The number of likely N-dealkylation sites (N-methyl/N-ethyl adjacent to an activating group) is 1. The van der Waals surface area contributed by atoms with E-state index in [1.807, 2.05) is 47.4 Å². The predicted octanol–water partition coefficient (Wildman–Crippen LogP) is 3.52. The summed E-state index contributed by atoms with van der Waals surface area (Å²) in [6, 6.07) is 18.7. The SMILES string of the molecule is CN(C)[C@H]1CCN(C(=O)Nc2ccc(-c3ccccc3)cc2)C1. The zero-order valence-corrected chi connectivity index (χ0v) is 13.7. The normalized spacial score (nSPS) is 17.5. The van der Waals surface area contributed by atoms with Crippen LogP contribution in [-0.4, -0.2) is 49.1 Å². The molecule has 1 saturated heterocycles. The summed E-state index contributed by atoms with van der Waals surface area (Å²) >= 11 is 0. The van der Waals surface area contributed by atoms with Crippen LogP contribution in [0.5, 0.6) is 0 Å². The van der Waals surface area contributed by atoms with Gasteiger partial charge in [-0.15, -0.1) is 0 Å². The van der Waals surface area contributed by atoms with Gasteiger partial charge in [-0.25, -0.2) is 4.79 Å². The lowest BCUT2D eigenvalue weighted by Crippen LogP contribution is -2.36. The summed E-state index contributed by atoms with van der Waals surface area (Å²) in [5, 5.41) is 2.99.